The predicted octanol–water partition coefficient (Wildman–Crippen LogP) is 3.16. The third-order valence-electron chi connectivity index (χ3n) is 6.09. The van der Waals surface area contributed by atoms with Gasteiger partial charge >= 0.3 is 0 Å². The maximum atomic E-state index is 12.5. The number of hydrogen-bond donors (Lipinski definition) is 2. The molecule has 0 radical (unpaired) electrons. The van der Waals surface area contributed by atoms with E-state index in [1.54, 1.807) is 35.2 Å². The average Bonchev–Trinajstić information content (AvgIpc) is 3.29. The molecule has 1 fully saturated rings. The summed E-state index contributed by atoms with van der Waals surface area (Å²) in [6, 6.07) is 8.90. The molecule has 0 spiro atoms. The van der Waals surface area contributed by atoms with Crippen LogP contribution in [-0.2, 0) is 4.74 Å². The number of nitrogens with zero attached hydrogens (tertiary/aromatic N) is 4. The Morgan fingerprint density at radius 3 is 2.59 bits per heavy atom. The zero-order valence-corrected chi connectivity index (χ0v) is 16.7. The van der Waals surface area contributed by atoms with Crippen molar-refractivity contribution in [2.75, 3.05) is 5.32 Å². The molecule has 3 heterocycles. The molecule has 152 valence electrons. The standard InChI is InChI=1S/C21H25N5O3/c1-4-21(5-2)13(3)16(27)20(29-21)26-12-24-15-17(22-11-23-18(15)26)25-19(28)14-9-7-6-8-10-14/h6-13,16,20,27H,4-5H2,1-3H3,(H,22,23,25,28)/t13-,16?,20-/m1/s1. The van der Waals surface area contributed by atoms with Gasteiger partial charge in [-0.05, 0) is 25.0 Å². The van der Waals surface area contributed by atoms with E-state index in [1.807, 2.05) is 13.0 Å². The highest BCUT2D eigenvalue weighted by Gasteiger charge is 2.51. The number of aliphatic hydroxyl groups excluding tert-OH is 1. The Balaban J connectivity index is 1.67. The number of aromatic nitrogens is 4. The molecule has 2 aromatic heterocycles. The van der Waals surface area contributed by atoms with E-state index in [9.17, 15) is 9.90 Å². The largest absolute Gasteiger partial charge is 0.388 e. The Bertz CT molecular complexity index is 1020. The fraction of sp³-hybridized carbons (Fsp3) is 0.429. The Hall–Kier alpha value is -2.84. The number of imidazole rings is 1. The van der Waals surface area contributed by atoms with Crippen LogP contribution in [0, 0.1) is 5.92 Å². The Labute approximate surface area is 169 Å². The van der Waals surface area contributed by atoms with Gasteiger partial charge in [0.2, 0.25) is 0 Å². The lowest BCUT2D eigenvalue weighted by atomic mass is 9.83. The van der Waals surface area contributed by atoms with Crippen molar-refractivity contribution in [3.63, 3.8) is 0 Å². The highest BCUT2D eigenvalue weighted by atomic mass is 16.5. The topological polar surface area (TPSA) is 102 Å². The van der Waals surface area contributed by atoms with Gasteiger partial charge in [-0.3, -0.25) is 9.36 Å². The first-order chi connectivity index (χ1) is 14.0. The van der Waals surface area contributed by atoms with Gasteiger partial charge in [0.1, 0.15) is 12.4 Å². The molecule has 1 aliphatic rings. The summed E-state index contributed by atoms with van der Waals surface area (Å²) >= 11 is 0. The van der Waals surface area contributed by atoms with Crippen LogP contribution < -0.4 is 5.32 Å². The number of aliphatic hydroxyl groups is 1. The SMILES string of the molecule is CCC1(CC)O[C@@H](n2cnc3c(NC(=O)c4ccccc4)ncnc32)C(O)[C@H]1C. The number of hydrogen-bond acceptors (Lipinski definition) is 6. The molecule has 8 heteroatoms. The van der Waals surface area contributed by atoms with Crippen molar-refractivity contribution in [2.45, 2.75) is 51.5 Å². The summed E-state index contributed by atoms with van der Waals surface area (Å²) in [5.41, 5.74) is 1.09. The van der Waals surface area contributed by atoms with Crippen LogP contribution in [0.1, 0.15) is 50.2 Å². The molecule has 0 bridgehead atoms. The van der Waals surface area contributed by atoms with Gasteiger partial charge in [0.25, 0.3) is 5.91 Å². The molecule has 0 saturated carbocycles. The van der Waals surface area contributed by atoms with Gasteiger partial charge in [-0.15, -0.1) is 0 Å². The number of carbonyl (C=O) groups excluding carboxylic acids is 1. The quantitative estimate of drug-likeness (QED) is 0.688. The van der Waals surface area contributed by atoms with Crippen molar-refractivity contribution in [1.82, 2.24) is 19.5 Å². The molecule has 29 heavy (non-hydrogen) atoms. The van der Waals surface area contributed by atoms with Crippen LogP contribution in [-0.4, -0.2) is 42.2 Å². The summed E-state index contributed by atoms with van der Waals surface area (Å²) in [5.74, 6) is 0.0151. The third-order valence-corrected chi connectivity index (χ3v) is 6.09. The van der Waals surface area contributed by atoms with Crippen LogP contribution in [0.4, 0.5) is 5.82 Å². The number of benzene rings is 1. The third kappa shape index (κ3) is 3.18. The number of ether oxygens (including phenoxy) is 1. The molecule has 3 atom stereocenters. The minimum atomic E-state index is -0.690. The second kappa shape index (κ2) is 7.53. The molecular weight excluding hydrogens is 370 g/mol. The van der Waals surface area contributed by atoms with E-state index in [4.69, 9.17) is 4.74 Å². The summed E-state index contributed by atoms with van der Waals surface area (Å²) in [6.45, 7) is 6.15. The van der Waals surface area contributed by atoms with Gasteiger partial charge in [-0.25, -0.2) is 15.0 Å². The number of nitrogens with one attached hydrogen (secondary N) is 1. The molecular formula is C21H25N5O3. The fourth-order valence-corrected chi connectivity index (χ4v) is 4.16. The lowest BCUT2D eigenvalue weighted by molar-refractivity contribution is -0.0948. The molecule has 1 aliphatic heterocycles. The summed E-state index contributed by atoms with van der Waals surface area (Å²) in [5, 5.41) is 13.7. The van der Waals surface area contributed by atoms with Crippen molar-refractivity contribution < 1.29 is 14.6 Å². The minimum absolute atomic E-state index is 0.0287. The van der Waals surface area contributed by atoms with Crippen LogP contribution in [0.2, 0.25) is 0 Å². The number of amides is 1. The average molecular weight is 395 g/mol. The summed E-state index contributed by atoms with van der Waals surface area (Å²) < 4.78 is 8.07. The first-order valence-electron chi connectivity index (χ1n) is 9.90. The Morgan fingerprint density at radius 2 is 1.93 bits per heavy atom. The van der Waals surface area contributed by atoms with E-state index in [0.29, 0.717) is 22.5 Å². The summed E-state index contributed by atoms with van der Waals surface area (Å²) in [7, 11) is 0. The van der Waals surface area contributed by atoms with Crippen molar-refractivity contribution >= 4 is 22.9 Å². The Kier molecular flexibility index (Phi) is 5.06. The second-order valence-corrected chi connectivity index (χ2v) is 7.43. The molecule has 3 aromatic rings. The number of fused-ring (bicyclic) bond motifs is 1. The van der Waals surface area contributed by atoms with Crippen molar-refractivity contribution in [1.29, 1.82) is 0 Å². The van der Waals surface area contributed by atoms with Gasteiger partial charge < -0.3 is 15.2 Å². The number of rotatable bonds is 5. The zero-order valence-electron chi connectivity index (χ0n) is 16.7. The van der Waals surface area contributed by atoms with Crippen molar-refractivity contribution in [3.05, 3.63) is 48.5 Å². The molecule has 2 N–H and O–H groups in total. The number of carbonyl (C=O) groups is 1. The maximum absolute atomic E-state index is 12.5. The van der Waals surface area contributed by atoms with Gasteiger partial charge in [0, 0.05) is 11.5 Å². The summed E-state index contributed by atoms with van der Waals surface area (Å²) in [4.78, 5) is 25.4. The smallest absolute Gasteiger partial charge is 0.256 e. The molecule has 1 aromatic carbocycles. The molecule has 4 rings (SSSR count). The molecule has 1 unspecified atom stereocenters. The van der Waals surface area contributed by atoms with Gasteiger partial charge in [-0.1, -0.05) is 39.0 Å². The molecule has 1 saturated heterocycles. The minimum Gasteiger partial charge on any atom is -0.388 e. The first kappa shape index (κ1) is 19.5. The molecule has 0 aliphatic carbocycles. The highest BCUT2D eigenvalue weighted by Crippen LogP contribution is 2.46. The van der Waals surface area contributed by atoms with Crippen LogP contribution in [0.3, 0.4) is 0 Å². The highest BCUT2D eigenvalue weighted by molar-refractivity contribution is 6.06. The van der Waals surface area contributed by atoms with Crippen molar-refractivity contribution in [3.8, 4) is 0 Å². The van der Waals surface area contributed by atoms with Crippen LogP contribution >= 0.6 is 0 Å². The van der Waals surface area contributed by atoms with E-state index in [2.05, 4.69) is 34.1 Å². The van der Waals surface area contributed by atoms with Crippen LogP contribution in [0.25, 0.3) is 11.2 Å². The lowest BCUT2D eigenvalue weighted by Gasteiger charge is -2.30. The molecule has 1 amide bonds. The van der Waals surface area contributed by atoms with Crippen molar-refractivity contribution in [2.24, 2.45) is 5.92 Å². The van der Waals surface area contributed by atoms with E-state index < -0.39 is 17.9 Å². The maximum Gasteiger partial charge on any atom is 0.256 e. The normalized spacial score (nSPS) is 23.4. The van der Waals surface area contributed by atoms with E-state index in [1.165, 1.54) is 6.33 Å². The second-order valence-electron chi connectivity index (χ2n) is 7.43. The van der Waals surface area contributed by atoms with Crippen LogP contribution in [0.5, 0.6) is 0 Å². The van der Waals surface area contributed by atoms with Gasteiger partial charge in [0.05, 0.1) is 11.9 Å². The monoisotopic (exact) mass is 395 g/mol. The van der Waals surface area contributed by atoms with E-state index in [0.717, 1.165) is 12.8 Å². The van der Waals surface area contributed by atoms with E-state index in [-0.39, 0.29) is 11.8 Å². The predicted molar refractivity (Wildman–Crippen MR) is 108 cm³/mol. The van der Waals surface area contributed by atoms with Crippen LogP contribution in [0.15, 0.2) is 43.0 Å². The van der Waals surface area contributed by atoms with Gasteiger partial charge in [0.15, 0.2) is 23.2 Å². The zero-order chi connectivity index (χ0) is 20.6. The van der Waals surface area contributed by atoms with E-state index >= 15 is 0 Å². The lowest BCUT2D eigenvalue weighted by Crippen LogP contribution is -2.35. The number of anilines is 1. The molecule has 8 nitrogen and oxygen atoms in total. The first-order valence-corrected chi connectivity index (χ1v) is 9.90. The Morgan fingerprint density at radius 1 is 1.21 bits per heavy atom. The van der Waals surface area contributed by atoms with Gasteiger partial charge in [-0.2, -0.15) is 0 Å². The summed E-state index contributed by atoms with van der Waals surface area (Å²) in [6.07, 6.45) is 3.28. The fourth-order valence-electron chi connectivity index (χ4n) is 4.16.